The van der Waals surface area contributed by atoms with Crippen molar-refractivity contribution in [2.24, 2.45) is 5.92 Å². The zero-order chi connectivity index (χ0) is 9.42. The van der Waals surface area contributed by atoms with E-state index in [1.807, 2.05) is 6.07 Å². The quantitative estimate of drug-likeness (QED) is 0.737. The predicted octanol–water partition coefficient (Wildman–Crippen LogP) is 1.92. The number of rotatable bonds is 2. The van der Waals surface area contributed by atoms with Crippen LogP contribution in [0.1, 0.15) is 17.9 Å². The first-order valence-corrected chi connectivity index (χ1v) is 4.40. The van der Waals surface area contributed by atoms with Gasteiger partial charge in [-0.15, -0.1) is 0 Å². The van der Waals surface area contributed by atoms with Gasteiger partial charge in [0.1, 0.15) is 5.15 Å². The van der Waals surface area contributed by atoms with Crippen molar-refractivity contribution >= 4 is 17.6 Å². The molecule has 68 valence electrons. The number of pyridine rings is 1. The molecule has 1 saturated carbocycles. The number of carboxylic acid groups (broad SMARTS) is 1. The predicted molar refractivity (Wildman–Crippen MR) is 47.7 cm³/mol. The second kappa shape index (κ2) is 3.00. The van der Waals surface area contributed by atoms with Gasteiger partial charge in [0.05, 0.1) is 5.92 Å². The van der Waals surface area contributed by atoms with Crippen LogP contribution in [0.15, 0.2) is 18.3 Å². The summed E-state index contributed by atoms with van der Waals surface area (Å²) in [5.74, 6) is -0.801. The van der Waals surface area contributed by atoms with Crippen molar-refractivity contribution in [1.29, 1.82) is 0 Å². The molecule has 0 spiro atoms. The number of hydrogen-bond donors (Lipinski definition) is 1. The minimum absolute atomic E-state index is 0.141. The molecule has 3 nitrogen and oxygen atoms in total. The summed E-state index contributed by atoms with van der Waals surface area (Å²) >= 11 is 5.61. The first kappa shape index (κ1) is 8.51. The molecule has 0 aliphatic heterocycles. The van der Waals surface area contributed by atoms with E-state index in [1.165, 1.54) is 0 Å². The number of aliphatic carboxylic acids is 1. The minimum Gasteiger partial charge on any atom is -0.481 e. The summed E-state index contributed by atoms with van der Waals surface area (Å²) in [6.07, 6.45) is 2.37. The average Bonchev–Trinajstić information content (AvgIpc) is 2.85. The van der Waals surface area contributed by atoms with E-state index in [0.29, 0.717) is 5.15 Å². The molecule has 2 atom stereocenters. The lowest BCUT2D eigenvalue weighted by molar-refractivity contribution is -0.138. The summed E-state index contributed by atoms with van der Waals surface area (Å²) in [5, 5.41) is 9.13. The standard InChI is InChI=1S/C9H8ClNO2/c10-8-2-1-5(4-11-8)6-3-7(6)9(12)13/h1-2,4,6-7H,3H2,(H,12,13)/t6-,7+/m0/s1. The molecule has 0 amide bonds. The van der Waals surface area contributed by atoms with Crippen molar-refractivity contribution in [3.63, 3.8) is 0 Å². The number of carboxylic acids is 1. The Hall–Kier alpha value is -1.09. The van der Waals surface area contributed by atoms with Gasteiger partial charge in [0.25, 0.3) is 0 Å². The Morgan fingerprint density at radius 3 is 2.85 bits per heavy atom. The summed E-state index contributed by atoms with van der Waals surface area (Å²) in [6, 6.07) is 3.52. The molecule has 1 aromatic heterocycles. The zero-order valence-electron chi connectivity index (χ0n) is 6.77. The van der Waals surface area contributed by atoms with Crippen LogP contribution in [0.25, 0.3) is 0 Å². The van der Waals surface area contributed by atoms with Gasteiger partial charge in [0, 0.05) is 6.20 Å². The Kier molecular flexibility index (Phi) is 1.96. The Labute approximate surface area is 80.4 Å². The van der Waals surface area contributed by atoms with E-state index in [9.17, 15) is 4.79 Å². The Balaban J connectivity index is 2.12. The molecule has 0 aromatic carbocycles. The molecule has 1 N–H and O–H groups in total. The van der Waals surface area contributed by atoms with E-state index in [-0.39, 0.29) is 11.8 Å². The fourth-order valence-electron chi connectivity index (χ4n) is 1.44. The molecule has 0 bridgehead atoms. The number of nitrogens with zero attached hydrogens (tertiary/aromatic N) is 1. The van der Waals surface area contributed by atoms with Gasteiger partial charge in [0.15, 0.2) is 0 Å². The van der Waals surface area contributed by atoms with Gasteiger partial charge in [-0.05, 0) is 24.0 Å². The van der Waals surface area contributed by atoms with Crippen LogP contribution in [0, 0.1) is 5.92 Å². The highest BCUT2D eigenvalue weighted by Gasteiger charge is 2.44. The van der Waals surface area contributed by atoms with Crippen molar-refractivity contribution in [2.45, 2.75) is 12.3 Å². The van der Waals surface area contributed by atoms with Gasteiger partial charge in [-0.2, -0.15) is 0 Å². The maximum Gasteiger partial charge on any atom is 0.307 e. The average molecular weight is 198 g/mol. The van der Waals surface area contributed by atoms with E-state index in [4.69, 9.17) is 16.7 Å². The second-order valence-corrected chi connectivity index (χ2v) is 3.59. The monoisotopic (exact) mass is 197 g/mol. The lowest BCUT2D eigenvalue weighted by Gasteiger charge is -1.96. The van der Waals surface area contributed by atoms with Crippen LogP contribution in [0.4, 0.5) is 0 Å². The van der Waals surface area contributed by atoms with Gasteiger partial charge in [-0.25, -0.2) is 4.98 Å². The van der Waals surface area contributed by atoms with Crippen molar-refractivity contribution < 1.29 is 9.90 Å². The van der Waals surface area contributed by atoms with E-state index in [2.05, 4.69) is 4.98 Å². The van der Waals surface area contributed by atoms with Crippen molar-refractivity contribution in [3.8, 4) is 0 Å². The van der Waals surface area contributed by atoms with Crippen molar-refractivity contribution in [3.05, 3.63) is 29.0 Å². The molecule has 1 heterocycles. The summed E-state index contributed by atoms with van der Waals surface area (Å²) in [7, 11) is 0. The molecule has 4 heteroatoms. The Morgan fingerprint density at radius 2 is 2.38 bits per heavy atom. The third-order valence-electron chi connectivity index (χ3n) is 2.29. The van der Waals surface area contributed by atoms with Crippen LogP contribution >= 0.6 is 11.6 Å². The summed E-state index contributed by atoms with van der Waals surface area (Å²) in [4.78, 5) is 14.5. The fraction of sp³-hybridized carbons (Fsp3) is 0.333. The molecular formula is C9H8ClNO2. The van der Waals surface area contributed by atoms with Gasteiger partial charge < -0.3 is 5.11 Å². The van der Waals surface area contributed by atoms with Gasteiger partial charge in [0.2, 0.25) is 0 Å². The number of hydrogen-bond acceptors (Lipinski definition) is 2. The maximum absolute atomic E-state index is 10.6. The topological polar surface area (TPSA) is 50.2 Å². The van der Waals surface area contributed by atoms with Crippen molar-refractivity contribution in [1.82, 2.24) is 4.98 Å². The Bertz CT molecular complexity index is 336. The number of halogens is 1. The molecular weight excluding hydrogens is 190 g/mol. The van der Waals surface area contributed by atoms with Gasteiger partial charge >= 0.3 is 5.97 Å². The van der Waals surface area contributed by atoms with E-state index >= 15 is 0 Å². The number of carbonyl (C=O) groups is 1. The van der Waals surface area contributed by atoms with Crippen LogP contribution in [-0.4, -0.2) is 16.1 Å². The molecule has 2 rings (SSSR count). The van der Waals surface area contributed by atoms with Crippen LogP contribution in [-0.2, 0) is 4.79 Å². The van der Waals surface area contributed by atoms with E-state index in [0.717, 1.165) is 12.0 Å². The lowest BCUT2D eigenvalue weighted by Crippen LogP contribution is -1.98. The molecule has 1 aromatic rings. The lowest BCUT2D eigenvalue weighted by atomic mass is 10.1. The van der Waals surface area contributed by atoms with Gasteiger partial charge in [-0.3, -0.25) is 4.79 Å². The fourth-order valence-corrected chi connectivity index (χ4v) is 1.55. The SMILES string of the molecule is O=C(O)[C@@H]1C[C@H]1c1ccc(Cl)nc1. The largest absolute Gasteiger partial charge is 0.481 e. The number of aromatic nitrogens is 1. The van der Waals surface area contributed by atoms with E-state index in [1.54, 1.807) is 12.3 Å². The smallest absolute Gasteiger partial charge is 0.307 e. The molecule has 0 unspecified atom stereocenters. The van der Waals surface area contributed by atoms with Gasteiger partial charge in [-0.1, -0.05) is 17.7 Å². The normalized spacial score (nSPS) is 25.6. The molecule has 0 saturated heterocycles. The highest BCUT2D eigenvalue weighted by atomic mass is 35.5. The first-order chi connectivity index (χ1) is 6.18. The summed E-state index contributed by atoms with van der Waals surface area (Å²) in [5.41, 5.74) is 0.969. The first-order valence-electron chi connectivity index (χ1n) is 4.03. The highest BCUT2D eigenvalue weighted by Crippen LogP contribution is 2.47. The van der Waals surface area contributed by atoms with Crippen LogP contribution in [0.3, 0.4) is 0 Å². The molecule has 0 radical (unpaired) electrons. The Morgan fingerprint density at radius 1 is 1.62 bits per heavy atom. The third kappa shape index (κ3) is 1.65. The van der Waals surface area contributed by atoms with Crippen LogP contribution in [0.5, 0.6) is 0 Å². The third-order valence-corrected chi connectivity index (χ3v) is 2.51. The maximum atomic E-state index is 10.6. The van der Waals surface area contributed by atoms with Crippen molar-refractivity contribution in [2.75, 3.05) is 0 Å². The van der Waals surface area contributed by atoms with E-state index < -0.39 is 5.97 Å². The molecule has 1 aliphatic carbocycles. The van der Waals surface area contributed by atoms with Crippen LogP contribution in [0.2, 0.25) is 5.15 Å². The summed E-state index contributed by atoms with van der Waals surface area (Å²) in [6.45, 7) is 0. The van der Waals surface area contributed by atoms with Crippen LogP contribution < -0.4 is 0 Å². The molecule has 1 aliphatic rings. The molecule has 1 fully saturated rings. The molecule has 13 heavy (non-hydrogen) atoms. The minimum atomic E-state index is -0.722. The zero-order valence-corrected chi connectivity index (χ0v) is 7.53. The summed E-state index contributed by atoms with van der Waals surface area (Å²) < 4.78 is 0. The highest BCUT2D eigenvalue weighted by molar-refractivity contribution is 6.29. The second-order valence-electron chi connectivity index (χ2n) is 3.20.